The zero-order chi connectivity index (χ0) is 15.1. The summed E-state index contributed by atoms with van der Waals surface area (Å²) in [6.45, 7) is 1.74. The molecule has 21 heavy (non-hydrogen) atoms. The Hall–Kier alpha value is -1.20. The van der Waals surface area contributed by atoms with E-state index < -0.39 is 0 Å². The molecule has 0 unspecified atom stereocenters. The van der Waals surface area contributed by atoms with Crippen molar-refractivity contribution in [3.05, 3.63) is 34.9 Å². The molecular weight excluding hydrogens is 308 g/mol. The van der Waals surface area contributed by atoms with Gasteiger partial charge >= 0.3 is 0 Å². The summed E-state index contributed by atoms with van der Waals surface area (Å²) in [6, 6.07) is 7.59. The number of carbonyl (C=O) groups is 2. The molecule has 4 nitrogen and oxygen atoms in total. The molecule has 2 rings (SSSR count). The second-order valence-electron chi connectivity index (χ2n) is 4.99. The second-order valence-corrected chi connectivity index (χ2v) is 6.41. The molecule has 1 aliphatic rings. The van der Waals surface area contributed by atoms with Crippen molar-refractivity contribution in [2.45, 2.75) is 18.6 Å². The second kappa shape index (κ2) is 8.29. The summed E-state index contributed by atoms with van der Waals surface area (Å²) in [4.78, 5) is 25.3. The molecule has 0 spiro atoms. The van der Waals surface area contributed by atoms with Crippen molar-refractivity contribution in [1.82, 2.24) is 10.2 Å². The van der Waals surface area contributed by atoms with Crippen LogP contribution in [-0.2, 0) is 15.3 Å². The highest BCUT2D eigenvalue weighted by Crippen LogP contribution is 2.16. The number of carbonyl (C=O) groups excluding carboxylic acids is 2. The van der Waals surface area contributed by atoms with Gasteiger partial charge in [-0.3, -0.25) is 9.59 Å². The number of halogens is 1. The van der Waals surface area contributed by atoms with Crippen LogP contribution < -0.4 is 5.32 Å². The van der Waals surface area contributed by atoms with E-state index in [1.165, 1.54) is 11.8 Å². The maximum atomic E-state index is 11.8. The number of likely N-dealkylation sites (tertiary alicyclic amines) is 1. The van der Waals surface area contributed by atoms with Gasteiger partial charge in [-0.15, -0.1) is 11.8 Å². The Morgan fingerprint density at radius 3 is 2.76 bits per heavy atom. The normalized spacial score (nSPS) is 14.2. The van der Waals surface area contributed by atoms with E-state index in [-0.39, 0.29) is 18.4 Å². The van der Waals surface area contributed by atoms with Crippen LogP contribution >= 0.6 is 23.4 Å². The monoisotopic (exact) mass is 326 g/mol. The minimum Gasteiger partial charge on any atom is -0.346 e. The molecule has 0 atom stereocenters. The third-order valence-electron chi connectivity index (χ3n) is 3.29. The fraction of sp³-hybridized carbons (Fsp3) is 0.467. The van der Waals surface area contributed by atoms with Gasteiger partial charge in [0.15, 0.2) is 0 Å². The van der Waals surface area contributed by atoms with Gasteiger partial charge in [0.2, 0.25) is 11.8 Å². The third kappa shape index (κ3) is 5.59. The fourth-order valence-electron chi connectivity index (χ4n) is 2.19. The van der Waals surface area contributed by atoms with Crippen LogP contribution in [0.2, 0.25) is 5.02 Å². The predicted molar refractivity (Wildman–Crippen MR) is 86.4 cm³/mol. The number of thioether (sulfide) groups is 1. The molecule has 1 aromatic rings. The van der Waals surface area contributed by atoms with Gasteiger partial charge in [0.1, 0.15) is 0 Å². The summed E-state index contributed by atoms with van der Waals surface area (Å²) in [5.41, 5.74) is 1.09. The quantitative estimate of drug-likeness (QED) is 0.872. The van der Waals surface area contributed by atoms with Crippen molar-refractivity contribution in [1.29, 1.82) is 0 Å². The zero-order valence-corrected chi connectivity index (χ0v) is 13.4. The molecule has 0 saturated carbocycles. The van der Waals surface area contributed by atoms with E-state index in [1.807, 2.05) is 24.3 Å². The molecular formula is C15H19ClN2O2S. The summed E-state index contributed by atoms with van der Waals surface area (Å²) < 4.78 is 0. The number of nitrogens with zero attached hydrogens (tertiary/aromatic N) is 1. The Morgan fingerprint density at radius 2 is 2.05 bits per heavy atom. The summed E-state index contributed by atoms with van der Waals surface area (Å²) in [6.07, 6.45) is 2.13. The van der Waals surface area contributed by atoms with E-state index in [4.69, 9.17) is 11.6 Å². The third-order valence-corrected chi connectivity index (χ3v) is 4.53. The molecule has 0 radical (unpaired) electrons. The number of rotatable bonds is 6. The molecule has 2 amide bonds. The molecule has 0 aliphatic carbocycles. The van der Waals surface area contributed by atoms with Crippen LogP contribution in [0.15, 0.2) is 24.3 Å². The van der Waals surface area contributed by atoms with Crippen LogP contribution in [-0.4, -0.2) is 42.1 Å². The van der Waals surface area contributed by atoms with Crippen LogP contribution in [0.25, 0.3) is 0 Å². The Bertz CT molecular complexity index is 504. The molecule has 114 valence electrons. The number of nitrogens with one attached hydrogen (secondary N) is 1. The lowest BCUT2D eigenvalue weighted by molar-refractivity contribution is -0.131. The maximum absolute atomic E-state index is 11.8. The van der Waals surface area contributed by atoms with Crippen molar-refractivity contribution >= 4 is 35.2 Å². The molecule has 0 bridgehead atoms. The Morgan fingerprint density at radius 1 is 1.29 bits per heavy atom. The summed E-state index contributed by atoms with van der Waals surface area (Å²) in [5.74, 6) is 0.990. The van der Waals surface area contributed by atoms with Gasteiger partial charge in [-0.2, -0.15) is 0 Å². The Balaban J connectivity index is 1.62. The van der Waals surface area contributed by atoms with Gasteiger partial charge in [0.05, 0.1) is 12.3 Å². The van der Waals surface area contributed by atoms with Crippen molar-refractivity contribution < 1.29 is 9.59 Å². The topological polar surface area (TPSA) is 49.4 Å². The van der Waals surface area contributed by atoms with E-state index in [9.17, 15) is 9.59 Å². The highest BCUT2D eigenvalue weighted by molar-refractivity contribution is 7.99. The van der Waals surface area contributed by atoms with E-state index in [0.717, 1.165) is 37.2 Å². The van der Waals surface area contributed by atoms with Crippen LogP contribution in [0.3, 0.4) is 0 Å². The van der Waals surface area contributed by atoms with Crippen LogP contribution in [0.1, 0.15) is 18.4 Å². The van der Waals surface area contributed by atoms with Gasteiger partial charge in [-0.05, 0) is 30.5 Å². The lowest BCUT2D eigenvalue weighted by Crippen LogP contribution is -2.39. The predicted octanol–water partition coefficient (Wildman–Crippen LogP) is 2.31. The lowest BCUT2D eigenvalue weighted by Gasteiger charge is -2.15. The van der Waals surface area contributed by atoms with E-state index in [1.54, 1.807) is 4.90 Å². The Labute approximate surface area is 134 Å². The van der Waals surface area contributed by atoms with Crippen molar-refractivity contribution in [2.75, 3.05) is 25.4 Å². The van der Waals surface area contributed by atoms with Crippen LogP contribution in [0.5, 0.6) is 0 Å². The summed E-state index contributed by atoms with van der Waals surface area (Å²) >= 11 is 7.41. The summed E-state index contributed by atoms with van der Waals surface area (Å²) in [7, 11) is 0. The highest BCUT2D eigenvalue weighted by Gasteiger charge is 2.17. The van der Waals surface area contributed by atoms with E-state index in [0.29, 0.717) is 10.8 Å². The highest BCUT2D eigenvalue weighted by atomic mass is 35.5. The first-order valence-corrected chi connectivity index (χ1v) is 8.55. The number of hydrogen-bond donors (Lipinski definition) is 1. The molecule has 0 aromatic heterocycles. The molecule has 1 N–H and O–H groups in total. The minimum atomic E-state index is -0.102. The first-order valence-electron chi connectivity index (χ1n) is 7.02. The van der Waals surface area contributed by atoms with Gasteiger partial charge in [0.25, 0.3) is 0 Å². The molecule has 1 heterocycles. The van der Waals surface area contributed by atoms with Gasteiger partial charge < -0.3 is 10.2 Å². The fourth-order valence-corrected chi connectivity index (χ4v) is 3.21. The smallest absolute Gasteiger partial charge is 0.241 e. The molecule has 1 saturated heterocycles. The average Bonchev–Trinajstić information content (AvgIpc) is 2.99. The lowest BCUT2D eigenvalue weighted by atomic mass is 10.2. The zero-order valence-electron chi connectivity index (χ0n) is 11.8. The average molecular weight is 327 g/mol. The minimum absolute atomic E-state index is 0.0145. The molecule has 6 heteroatoms. The van der Waals surface area contributed by atoms with Gasteiger partial charge in [-0.1, -0.05) is 23.7 Å². The van der Waals surface area contributed by atoms with Crippen molar-refractivity contribution in [3.8, 4) is 0 Å². The van der Waals surface area contributed by atoms with E-state index in [2.05, 4.69) is 5.32 Å². The number of benzene rings is 1. The van der Waals surface area contributed by atoms with Crippen LogP contribution in [0, 0.1) is 0 Å². The van der Waals surface area contributed by atoms with Gasteiger partial charge in [-0.25, -0.2) is 0 Å². The van der Waals surface area contributed by atoms with E-state index >= 15 is 0 Å². The molecule has 1 aromatic carbocycles. The van der Waals surface area contributed by atoms with Crippen molar-refractivity contribution in [2.24, 2.45) is 0 Å². The Kier molecular flexibility index (Phi) is 6.39. The first-order chi connectivity index (χ1) is 10.1. The largest absolute Gasteiger partial charge is 0.346 e. The van der Waals surface area contributed by atoms with Crippen molar-refractivity contribution in [3.63, 3.8) is 0 Å². The maximum Gasteiger partial charge on any atom is 0.241 e. The number of amides is 2. The van der Waals surface area contributed by atoms with Gasteiger partial charge in [0, 0.05) is 23.9 Å². The molecule has 1 aliphatic heterocycles. The SMILES string of the molecule is O=C(CSCc1cccc(Cl)c1)NCC(=O)N1CCCC1. The first kappa shape index (κ1) is 16.2. The number of hydrogen-bond acceptors (Lipinski definition) is 3. The molecule has 1 fully saturated rings. The summed E-state index contributed by atoms with van der Waals surface area (Å²) in [5, 5.41) is 3.38. The standard InChI is InChI=1S/C15H19ClN2O2S/c16-13-5-3-4-12(8-13)10-21-11-14(19)17-9-15(20)18-6-1-2-7-18/h3-5,8H,1-2,6-7,9-11H2,(H,17,19). The van der Waals surface area contributed by atoms with Crippen LogP contribution in [0.4, 0.5) is 0 Å².